The van der Waals surface area contributed by atoms with Crippen molar-refractivity contribution in [1.82, 2.24) is 20.1 Å². The first-order chi connectivity index (χ1) is 15.9. The van der Waals surface area contributed by atoms with Gasteiger partial charge in [-0.3, -0.25) is 9.36 Å². The normalized spacial score (nSPS) is 11.9. The number of allylic oxidation sites excluding steroid dienone is 1. The van der Waals surface area contributed by atoms with E-state index in [9.17, 15) is 4.79 Å². The van der Waals surface area contributed by atoms with E-state index in [4.69, 9.17) is 4.74 Å². The van der Waals surface area contributed by atoms with Gasteiger partial charge in [-0.15, -0.1) is 16.8 Å². The Balaban J connectivity index is 1.65. The number of carbonyl (C=O) groups excluding carboxylic acids is 1. The summed E-state index contributed by atoms with van der Waals surface area (Å²) in [5.41, 5.74) is 3.25. The fourth-order valence-corrected chi connectivity index (χ4v) is 4.39. The number of thioether (sulfide) groups is 1. The van der Waals surface area contributed by atoms with Gasteiger partial charge in [-0.2, -0.15) is 0 Å². The summed E-state index contributed by atoms with van der Waals surface area (Å²) in [5, 5.41) is 12.4. The van der Waals surface area contributed by atoms with E-state index in [1.807, 2.05) is 35.8 Å². The highest BCUT2D eigenvalue weighted by molar-refractivity contribution is 7.99. The number of ether oxygens (including phenoxy) is 1. The zero-order valence-electron chi connectivity index (χ0n) is 19.7. The molecule has 1 atom stereocenters. The number of benzene rings is 2. The molecule has 1 heterocycles. The second kappa shape index (κ2) is 11.7. The Morgan fingerprint density at radius 1 is 1.15 bits per heavy atom. The van der Waals surface area contributed by atoms with Crippen LogP contribution in [0.1, 0.15) is 37.9 Å². The molecule has 3 rings (SSSR count). The van der Waals surface area contributed by atoms with Gasteiger partial charge in [0.05, 0.1) is 24.5 Å². The average molecular weight is 465 g/mol. The van der Waals surface area contributed by atoms with E-state index < -0.39 is 0 Å². The van der Waals surface area contributed by atoms with Gasteiger partial charge in [0.15, 0.2) is 11.0 Å². The molecule has 1 N–H and O–H groups in total. The molecular formula is C26H32N4O2S. The lowest BCUT2D eigenvalue weighted by molar-refractivity contribution is -0.119. The molecule has 0 aliphatic carbocycles. The number of hydrogen-bond acceptors (Lipinski definition) is 5. The molecule has 33 heavy (non-hydrogen) atoms. The van der Waals surface area contributed by atoms with Crippen molar-refractivity contribution < 1.29 is 9.53 Å². The molecule has 1 aromatic heterocycles. The first kappa shape index (κ1) is 24.6. The van der Waals surface area contributed by atoms with E-state index in [1.165, 1.54) is 17.3 Å². The molecule has 174 valence electrons. The van der Waals surface area contributed by atoms with Gasteiger partial charge in [-0.05, 0) is 42.5 Å². The topological polar surface area (TPSA) is 69.0 Å². The van der Waals surface area contributed by atoms with Crippen molar-refractivity contribution >= 4 is 17.7 Å². The maximum Gasteiger partial charge on any atom is 0.230 e. The standard InChI is InChI=1S/C26H32N4O2S/c1-6-15-30-25(22-9-7-8-10-23(22)32-5)28-29-26(30)33-17-24(31)27-19(4)21-13-11-20(12-14-21)16-18(2)3/h6-14,18-19H,1,15-17H2,2-5H3,(H,27,31). The zero-order chi connectivity index (χ0) is 23.8. The van der Waals surface area contributed by atoms with Crippen LogP contribution < -0.4 is 10.1 Å². The fourth-order valence-electron chi connectivity index (χ4n) is 3.63. The number of nitrogens with zero attached hydrogens (tertiary/aromatic N) is 3. The summed E-state index contributed by atoms with van der Waals surface area (Å²) in [4.78, 5) is 12.6. The molecule has 6 nitrogen and oxygen atoms in total. The fraction of sp³-hybridized carbons (Fsp3) is 0.346. The van der Waals surface area contributed by atoms with Crippen LogP contribution in [-0.2, 0) is 17.8 Å². The van der Waals surface area contributed by atoms with Gasteiger partial charge in [0, 0.05) is 6.54 Å². The lowest BCUT2D eigenvalue weighted by Crippen LogP contribution is -2.28. The number of para-hydroxylation sites is 1. The maximum atomic E-state index is 12.6. The molecule has 1 unspecified atom stereocenters. The maximum absolute atomic E-state index is 12.6. The van der Waals surface area contributed by atoms with E-state index in [-0.39, 0.29) is 17.7 Å². The molecule has 0 aliphatic rings. The molecule has 1 amide bonds. The quantitative estimate of drug-likeness (QED) is 0.308. The Morgan fingerprint density at radius 2 is 1.88 bits per heavy atom. The highest BCUT2D eigenvalue weighted by atomic mass is 32.2. The molecular weight excluding hydrogens is 432 g/mol. The first-order valence-corrected chi connectivity index (χ1v) is 12.1. The van der Waals surface area contributed by atoms with Gasteiger partial charge < -0.3 is 10.1 Å². The van der Waals surface area contributed by atoms with Crippen molar-refractivity contribution in [3.8, 4) is 17.1 Å². The molecule has 7 heteroatoms. The summed E-state index contributed by atoms with van der Waals surface area (Å²) in [6, 6.07) is 16.1. The summed E-state index contributed by atoms with van der Waals surface area (Å²) >= 11 is 1.36. The van der Waals surface area contributed by atoms with Crippen LogP contribution in [0.4, 0.5) is 0 Å². The van der Waals surface area contributed by atoms with E-state index >= 15 is 0 Å². The number of hydrogen-bond donors (Lipinski definition) is 1. The predicted octanol–water partition coefficient (Wildman–Crippen LogP) is 5.31. The number of aromatic nitrogens is 3. The molecule has 3 aromatic rings. The summed E-state index contributed by atoms with van der Waals surface area (Å²) < 4.78 is 7.42. The Labute approximate surface area is 200 Å². The Hall–Kier alpha value is -3.06. The van der Waals surface area contributed by atoms with Crippen molar-refractivity contribution in [2.75, 3.05) is 12.9 Å². The number of methoxy groups -OCH3 is 1. The van der Waals surface area contributed by atoms with E-state index in [0.29, 0.717) is 23.4 Å². The monoisotopic (exact) mass is 464 g/mol. The molecule has 0 bridgehead atoms. The molecule has 0 saturated heterocycles. The highest BCUT2D eigenvalue weighted by Crippen LogP contribution is 2.31. The lowest BCUT2D eigenvalue weighted by atomic mass is 10.00. The van der Waals surface area contributed by atoms with Crippen LogP contribution in [0.25, 0.3) is 11.4 Å². The van der Waals surface area contributed by atoms with Gasteiger partial charge in [0.25, 0.3) is 0 Å². The van der Waals surface area contributed by atoms with Gasteiger partial charge in [0.1, 0.15) is 5.75 Å². The number of rotatable bonds is 11. The first-order valence-electron chi connectivity index (χ1n) is 11.1. The van der Waals surface area contributed by atoms with Crippen LogP contribution in [-0.4, -0.2) is 33.5 Å². The highest BCUT2D eigenvalue weighted by Gasteiger charge is 2.18. The summed E-state index contributed by atoms with van der Waals surface area (Å²) in [6.45, 7) is 10.8. The molecule has 0 saturated carbocycles. The van der Waals surface area contributed by atoms with Crippen LogP contribution in [0, 0.1) is 5.92 Å². The average Bonchev–Trinajstić information content (AvgIpc) is 3.20. The van der Waals surface area contributed by atoms with Crippen LogP contribution in [0.3, 0.4) is 0 Å². The predicted molar refractivity (Wildman–Crippen MR) is 134 cm³/mol. The Morgan fingerprint density at radius 3 is 2.55 bits per heavy atom. The van der Waals surface area contributed by atoms with Crippen LogP contribution >= 0.6 is 11.8 Å². The minimum absolute atomic E-state index is 0.0502. The summed E-state index contributed by atoms with van der Waals surface area (Å²) in [6.07, 6.45) is 2.84. The lowest BCUT2D eigenvalue weighted by Gasteiger charge is -2.15. The van der Waals surface area contributed by atoms with E-state index in [1.54, 1.807) is 13.2 Å². The van der Waals surface area contributed by atoms with Crippen molar-refractivity contribution in [1.29, 1.82) is 0 Å². The SMILES string of the molecule is C=CCn1c(SCC(=O)NC(C)c2ccc(CC(C)C)cc2)nnc1-c1ccccc1OC. The second-order valence-electron chi connectivity index (χ2n) is 8.32. The zero-order valence-corrected chi connectivity index (χ0v) is 20.6. The van der Waals surface area contributed by atoms with Gasteiger partial charge >= 0.3 is 0 Å². The van der Waals surface area contributed by atoms with Crippen molar-refractivity contribution in [3.05, 3.63) is 72.3 Å². The van der Waals surface area contributed by atoms with Crippen molar-refractivity contribution in [2.45, 2.75) is 44.9 Å². The number of nitrogens with one attached hydrogen (secondary N) is 1. The van der Waals surface area contributed by atoms with E-state index in [0.717, 1.165) is 23.3 Å². The molecule has 2 aromatic carbocycles. The Bertz CT molecular complexity index is 1080. The third kappa shape index (κ3) is 6.48. The smallest absolute Gasteiger partial charge is 0.230 e. The van der Waals surface area contributed by atoms with E-state index in [2.05, 4.69) is 60.2 Å². The molecule has 0 spiro atoms. The second-order valence-corrected chi connectivity index (χ2v) is 9.27. The molecule has 0 radical (unpaired) electrons. The third-order valence-electron chi connectivity index (χ3n) is 5.21. The number of carbonyl (C=O) groups is 1. The molecule has 0 fully saturated rings. The molecule has 0 aliphatic heterocycles. The minimum atomic E-state index is -0.0682. The third-order valence-corrected chi connectivity index (χ3v) is 6.18. The van der Waals surface area contributed by atoms with Gasteiger partial charge in [-0.25, -0.2) is 0 Å². The van der Waals surface area contributed by atoms with Crippen molar-refractivity contribution in [2.24, 2.45) is 5.92 Å². The Kier molecular flexibility index (Phi) is 8.72. The van der Waals surface area contributed by atoms with Crippen LogP contribution in [0.15, 0.2) is 66.3 Å². The van der Waals surface area contributed by atoms with Crippen LogP contribution in [0.5, 0.6) is 5.75 Å². The van der Waals surface area contributed by atoms with Gasteiger partial charge in [0.2, 0.25) is 5.91 Å². The number of amides is 1. The van der Waals surface area contributed by atoms with Crippen LogP contribution in [0.2, 0.25) is 0 Å². The largest absolute Gasteiger partial charge is 0.496 e. The minimum Gasteiger partial charge on any atom is -0.496 e. The van der Waals surface area contributed by atoms with Gasteiger partial charge in [-0.1, -0.05) is 68.1 Å². The van der Waals surface area contributed by atoms with Crippen molar-refractivity contribution in [3.63, 3.8) is 0 Å². The summed E-state index contributed by atoms with van der Waals surface area (Å²) in [5.74, 6) is 2.22. The summed E-state index contributed by atoms with van der Waals surface area (Å²) in [7, 11) is 1.63.